The summed E-state index contributed by atoms with van der Waals surface area (Å²) in [5, 5.41) is 3.59. The van der Waals surface area contributed by atoms with Gasteiger partial charge in [0.2, 0.25) is 0 Å². The number of rotatable bonds is 3. The summed E-state index contributed by atoms with van der Waals surface area (Å²) in [5.41, 5.74) is 3.46. The van der Waals surface area contributed by atoms with Gasteiger partial charge in [-0.25, -0.2) is 4.98 Å². The van der Waals surface area contributed by atoms with Crippen molar-refractivity contribution < 1.29 is 0 Å². The van der Waals surface area contributed by atoms with Crippen molar-refractivity contribution in [3.05, 3.63) is 71.2 Å². The molecule has 0 atom stereocenters. The van der Waals surface area contributed by atoms with Crippen molar-refractivity contribution in [1.29, 1.82) is 0 Å². The van der Waals surface area contributed by atoms with Crippen molar-refractivity contribution >= 4 is 50.2 Å². The molecule has 0 amide bonds. The average molecular weight is 330 g/mol. The number of thiazole rings is 1. The molecule has 4 rings (SSSR count). The van der Waals surface area contributed by atoms with Crippen LogP contribution in [0.4, 0.5) is 5.69 Å². The fourth-order valence-electron chi connectivity index (χ4n) is 2.80. The zero-order valence-corrected chi connectivity index (χ0v) is 14.5. The Morgan fingerprint density at radius 3 is 2.46 bits per heavy atom. The van der Waals surface area contributed by atoms with E-state index in [1.54, 1.807) is 11.3 Å². The lowest BCUT2D eigenvalue weighted by Gasteiger charge is -2.11. The molecule has 0 fully saturated rings. The summed E-state index contributed by atoms with van der Waals surface area (Å²) >= 11 is 1.75. The summed E-state index contributed by atoms with van der Waals surface area (Å²) in [7, 11) is 4.10. The molecule has 0 aliphatic rings. The minimum Gasteiger partial charge on any atom is -0.378 e. The number of aromatic nitrogens is 1. The highest BCUT2D eigenvalue weighted by atomic mass is 32.1. The number of nitrogens with zero attached hydrogens (tertiary/aromatic N) is 2. The van der Waals surface area contributed by atoms with Gasteiger partial charge in [-0.2, -0.15) is 0 Å². The van der Waals surface area contributed by atoms with E-state index < -0.39 is 0 Å². The highest BCUT2D eigenvalue weighted by Gasteiger charge is 2.05. The second-order valence-electron chi connectivity index (χ2n) is 6.01. The van der Waals surface area contributed by atoms with Gasteiger partial charge in [-0.05, 0) is 35.2 Å². The first kappa shape index (κ1) is 14.9. The average Bonchev–Trinajstić information content (AvgIpc) is 3.04. The molecule has 0 aliphatic heterocycles. The van der Waals surface area contributed by atoms with E-state index in [0.29, 0.717) is 0 Å². The van der Waals surface area contributed by atoms with Crippen molar-refractivity contribution in [1.82, 2.24) is 4.98 Å². The van der Waals surface area contributed by atoms with Crippen LogP contribution in [0.1, 0.15) is 10.6 Å². The standard InChI is InChI=1S/C21H18N2S/c1-23(2)17-11-7-15(8-12-17)9-14-20-22-19-13-10-16-5-3-4-6-18(16)21(19)24-20/h3-14H,1-2H3/b14-9+. The lowest BCUT2D eigenvalue weighted by Crippen LogP contribution is -2.07. The van der Waals surface area contributed by atoms with Gasteiger partial charge in [0, 0.05) is 25.2 Å². The molecule has 2 nitrogen and oxygen atoms in total. The Kier molecular flexibility index (Phi) is 3.79. The minimum atomic E-state index is 1.04. The second kappa shape index (κ2) is 6.10. The fourth-order valence-corrected chi connectivity index (χ4v) is 3.80. The molecule has 3 aromatic carbocycles. The van der Waals surface area contributed by atoms with E-state index in [2.05, 4.69) is 91.8 Å². The van der Waals surface area contributed by atoms with Crippen LogP contribution >= 0.6 is 11.3 Å². The van der Waals surface area contributed by atoms with E-state index in [9.17, 15) is 0 Å². The van der Waals surface area contributed by atoms with Crippen molar-refractivity contribution in [2.45, 2.75) is 0 Å². The summed E-state index contributed by atoms with van der Waals surface area (Å²) in [6, 6.07) is 21.3. The Labute approximate surface area is 145 Å². The highest BCUT2D eigenvalue weighted by molar-refractivity contribution is 7.20. The van der Waals surface area contributed by atoms with Gasteiger partial charge in [-0.3, -0.25) is 0 Å². The topological polar surface area (TPSA) is 16.1 Å². The Hall–Kier alpha value is -2.65. The van der Waals surface area contributed by atoms with Gasteiger partial charge in [0.25, 0.3) is 0 Å². The number of hydrogen-bond acceptors (Lipinski definition) is 3. The van der Waals surface area contributed by atoms with Crippen LogP contribution in [-0.2, 0) is 0 Å². The number of fused-ring (bicyclic) bond motifs is 3. The van der Waals surface area contributed by atoms with E-state index in [1.807, 2.05) is 0 Å². The fraction of sp³-hybridized carbons (Fsp3) is 0.0952. The molecule has 0 aliphatic carbocycles. The van der Waals surface area contributed by atoms with E-state index in [1.165, 1.54) is 26.7 Å². The highest BCUT2D eigenvalue weighted by Crippen LogP contribution is 2.31. The summed E-state index contributed by atoms with van der Waals surface area (Å²) < 4.78 is 1.26. The van der Waals surface area contributed by atoms with E-state index in [0.717, 1.165) is 10.5 Å². The maximum absolute atomic E-state index is 4.75. The molecular weight excluding hydrogens is 312 g/mol. The molecule has 4 aromatic rings. The van der Waals surface area contributed by atoms with Gasteiger partial charge in [-0.1, -0.05) is 48.5 Å². The van der Waals surface area contributed by atoms with E-state index in [4.69, 9.17) is 4.98 Å². The second-order valence-corrected chi connectivity index (χ2v) is 7.04. The third kappa shape index (κ3) is 2.79. The van der Waals surface area contributed by atoms with Crippen LogP contribution in [0.2, 0.25) is 0 Å². The van der Waals surface area contributed by atoms with Gasteiger partial charge >= 0.3 is 0 Å². The quantitative estimate of drug-likeness (QED) is 0.480. The minimum absolute atomic E-state index is 1.04. The van der Waals surface area contributed by atoms with Crippen LogP contribution in [0.5, 0.6) is 0 Å². The van der Waals surface area contributed by atoms with Crippen molar-refractivity contribution in [2.24, 2.45) is 0 Å². The first-order chi connectivity index (χ1) is 11.7. The SMILES string of the molecule is CN(C)c1ccc(/C=C/c2nc3ccc4ccccc4c3s2)cc1. The molecule has 0 bridgehead atoms. The molecule has 0 saturated heterocycles. The molecular formula is C21H18N2S. The van der Waals surface area contributed by atoms with Crippen LogP contribution in [0, 0.1) is 0 Å². The summed E-state index contributed by atoms with van der Waals surface area (Å²) in [6.07, 6.45) is 4.23. The molecule has 0 radical (unpaired) electrons. The molecule has 1 aromatic heterocycles. The van der Waals surface area contributed by atoms with Gasteiger partial charge in [0.15, 0.2) is 0 Å². The summed E-state index contributed by atoms with van der Waals surface area (Å²) in [5.74, 6) is 0. The van der Waals surface area contributed by atoms with Gasteiger partial charge in [-0.15, -0.1) is 11.3 Å². The monoisotopic (exact) mass is 330 g/mol. The summed E-state index contributed by atoms with van der Waals surface area (Å²) in [4.78, 5) is 6.85. The van der Waals surface area contributed by atoms with Gasteiger partial charge in [0.1, 0.15) is 5.01 Å². The van der Waals surface area contributed by atoms with Crippen LogP contribution in [-0.4, -0.2) is 19.1 Å². The third-order valence-corrected chi connectivity index (χ3v) is 5.19. The Morgan fingerprint density at radius 2 is 1.67 bits per heavy atom. The largest absolute Gasteiger partial charge is 0.378 e. The Morgan fingerprint density at radius 1 is 0.875 bits per heavy atom. The smallest absolute Gasteiger partial charge is 0.117 e. The Bertz CT molecular complexity index is 1030. The van der Waals surface area contributed by atoms with Crippen LogP contribution in [0.25, 0.3) is 33.1 Å². The van der Waals surface area contributed by atoms with Gasteiger partial charge < -0.3 is 4.90 Å². The van der Waals surface area contributed by atoms with Crippen LogP contribution < -0.4 is 4.90 Å². The molecule has 1 heterocycles. The zero-order chi connectivity index (χ0) is 16.5. The third-order valence-electron chi connectivity index (χ3n) is 4.12. The maximum atomic E-state index is 4.75. The first-order valence-corrected chi connectivity index (χ1v) is 8.76. The number of benzene rings is 3. The lowest BCUT2D eigenvalue weighted by atomic mass is 10.1. The predicted molar refractivity (Wildman–Crippen MR) is 107 cm³/mol. The maximum Gasteiger partial charge on any atom is 0.117 e. The molecule has 118 valence electrons. The molecule has 24 heavy (non-hydrogen) atoms. The summed E-state index contributed by atoms with van der Waals surface area (Å²) in [6.45, 7) is 0. The first-order valence-electron chi connectivity index (χ1n) is 7.94. The van der Waals surface area contributed by atoms with Crippen LogP contribution in [0.3, 0.4) is 0 Å². The number of hydrogen-bond donors (Lipinski definition) is 0. The molecule has 0 spiro atoms. The Balaban J connectivity index is 1.68. The van der Waals surface area contributed by atoms with Crippen molar-refractivity contribution in [3.8, 4) is 0 Å². The predicted octanol–water partition coefficient (Wildman–Crippen LogP) is 5.69. The molecule has 0 saturated carbocycles. The van der Waals surface area contributed by atoms with Gasteiger partial charge in [0.05, 0.1) is 10.2 Å². The molecule has 0 unspecified atom stereocenters. The normalized spacial score (nSPS) is 11.6. The van der Waals surface area contributed by atoms with E-state index >= 15 is 0 Å². The van der Waals surface area contributed by atoms with Crippen molar-refractivity contribution in [3.63, 3.8) is 0 Å². The lowest BCUT2D eigenvalue weighted by molar-refractivity contribution is 1.13. The molecule has 3 heteroatoms. The zero-order valence-electron chi connectivity index (χ0n) is 13.7. The van der Waals surface area contributed by atoms with E-state index in [-0.39, 0.29) is 0 Å². The molecule has 0 N–H and O–H groups in total. The number of anilines is 1. The van der Waals surface area contributed by atoms with Crippen LogP contribution in [0.15, 0.2) is 60.7 Å². The van der Waals surface area contributed by atoms with Crippen molar-refractivity contribution in [2.75, 3.05) is 19.0 Å².